The van der Waals surface area contributed by atoms with Crippen LogP contribution < -0.4 is 5.69 Å². The van der Waals surface area contributed by atoms with Gasteiger partial charge in [0, 0.05) is 19.1 Å². The molecule has 1 unspecified atom stereocenters. The number of hydrogen-bond acceptors (Lipinski definition) is 2. The lowest BCUT2D eigenvalue weighted by molar-refractivity contribution is 0.261. The van der Waals surface area contributed by atoms with E-state index in [1.165, 1.54) is 0 Å². The molecule has 3 rings (SSSR count). The number of halogens is 1. The highest BCUT2D eigenvalue weighted by Crippen LogP contribution is 2.24. The maximum absolute atomic E-state index is 12.1. The number of para-hydroxylation sites is 1. The number of aromatic nitrogens is 2. The summed E-state index contributed by atoms with van der Waals surface area (Å²) in [6.07, 6.45) is 1.14. The van der Waals surface area contributed by atoms with Gasteiger partial charge in [0.15, 0.2) is 0 Å². The molecule has 2 heterocycles. The van der Waals surface area contributed by atoms with Crippen LogP contribution in [0.1, 0.15) is 20.3 Å². The number of hydrogen-bond donors (Lipinski definition) is 1. The number of aromatic amines is 1. The van der Waals surface area contributed by atoms with E-state index in [0.717, 1.165) is 37.1 Å². The van der Waals surface area contributed by atoms with Gasteiger partial charge in [0.25, 0.3) is 0 Å². The smallest absolute Gasteiger partial charge is 0.305 e. The molecule has 1 aromatic carbocycles. The molecule has 2 aromatic rings. The molecule has 5 heteroatoms. The van der Waals surface area contributed by atoms with Crippen molar-refractivity contribution in [1.29, 1.82) is 0 Å². The van der Waals surface area contributed by atoms with Gasteiger partial charge >= 0.3 is 5.69 Å². The maximum atomic E-state index is 12.1. The average molecular weight is 294 g/mol. The standard InChI is InChI=1S/C15H20ClN3O/c1-10(2)18-7-6-11(8-18)9-19-14-12(16)4-3-5-13(14)17-15(19)20/h3-5,10-11H,6-9H2,1-2H3,(H,17,20). The third-order valence-electron chi connectivity index (χ3n) is 4.23. The number of nitrogens with zero attached hydrogens (tertiary/aromatic N) is 2. The second-order valence-electron chi connectivity index (χ2n) is 5.92. The van der Waals surface area contributed by atoms with Gasteiger partial charge in [-0.1, -0.05) is 17.7 Å². The number of nitrogens with one attached hydrogen (secondary N) is 1. The van der Waals surface area contributed by atoms with E-state index in [4.69, 9.17) is 11.6 Å². The minimum absolute atomic E-state index is 0.0592. The Kier molecular flexibility index (Phi) is 3.61. The largest absolute Gasteiger partial charge is 0.326 e. The highest BCUT2D eigenvalue weighted by Gasteiger charge is 2.25. The molecule has 0 spiro atoms. The van der Waals surface area contributed by atoms with Crippen LogP contribution in [0.15, 0.2) is 23.0 Å². The van der Waals surface area contributed by atoms with Gasteiger partial charge in [0.2, 0.25) is 0 Å². The van der Waals surface area contributed by atoms with Gasteiger partial charge in [-0.25, -0.2) is 4.79 Å². The Morgan fingerprint density at radius 2 is 2.25 bits per heavy atom. The number of rotatable bonds is 3. The molecule has 1 atom stereocenters. The molecule has 1 aromatic heterocycles. The molecule has 1 N–H and O–H groups in total. The van der Waals surface area contributed by atoms with Gasteiger partial charge in [0.05, 0.1) is 16.1 Å². The van der Waals surface area contributed by atoms with Crippen LogP contribution in [0.25, 0.3) is 11.0 Å². The van der Waals surface area contributed by atoms with Crippen molar-refractivity contribution >= 4 is 22.6 Å². The number of likely N-dealkylation sites (tertiary alicyclic amines) is 1. The highest BCUT2D eigenvalue weighted by atomic mass is 35.5. The topological polar surface area (TPSA) is 41.0 Å². The zero-order valence-electron chi connectivity index (χ0n) is 11.9. The van der Waals surface area contributed by atoms with Crippen LogP contribution in [-0.4, -0.2) is 33.6 Å². The molecule has 1 aliphatic rings. The minimum Gasteiger partial charge on any atom is -0.305 e. The van der Waals surface area contributed by atoms with Crippen molar-refractivity contribution in [2.24, 2.45) is 5.92 Å². The molecular weight excluding hydrogens is 274 g/mol. The van der Waals surface area contributed by atoms with Crippen LogP contribution in [0, 0.1) is 5.92 Å². The molecule has 0 aliphatic carbocycles. The van der Waals surface area contributed by atoms with Crippen molar-refractivity contribution in [3.05, 3.63) is 33.7 Å². The first kappa shape index (κ1) is 13.7. The molecule has 20 heavy (non-hydrogen) atoms. The lowest BCUT2D eigenvalue weighted by Crippen LogP contribution is -2.29. The highest BCUT2D eigenvalue weighted by molar-refractivity contribution is 6.34. The summed E-state index contributed by atoms with van der Waals surface area (Å²) in [6, 6.07) is 6.17. The summed E-state index contributed by atoms with van der Waals surface area (Å²) in [5.74, 6) is 0.519. The van der Waals surface area contributed by atoms with Gasteiger partial charge in [0.1, 0.15) is 0 Å². The third-order valence-corrected chi connectivity index (χ3v) is 4.54. The molecule has 1 fully saturated rings. The molecule has 1 aliphatic heterocycles. The Balaban J connectivity index is 1.89. The zero-order chi connectivity index (χ0) is 14.3. The van der Waals surface area contributed by atoms with Gasteiger partial charge in [-0.2, -0.15) is 0 Å². The lowest BCUT2D eigenvalue weighted by atomic mass is 10.1. The summed E-state index contributed by atoms with van der Waals surface area (Å²) >= 11 is 6.25. The van der Waals surface area contributed by atoms with E-state index < -0.39 is 0 Å². The summed E-state index contributed by atoms with van der Waals surface area (Å²) in [6.45, 7) is 7.36. The van der Waals surface area contributed by atoms with E-state index in [0.29, 0.717) is 17.0 Å². The monoisotopic (exact) mass is 293 g/mol. The van der Waals surface area contributed by atoms with E-state index >= 15 is 0 Å². The fourth-order valence-electron chi connectivity index (χ4n) is 3.09. The molecular formula is C15H20ClN3O. The summed E-state index contributed by atoms with van der Waals surface area (Å²) in [5, 5.41) is 0.638. The first-order valence-electron chi connectivity index (χ1n) is 7.17. The van der Waals surface area contributed by atoms with Gasteiger partial charge in [-0.15, -0.1) is 0 Å². The summed E-state index contributed by atoms with van der Waals surface area (Å²) in [7, 11) is 0. The second kappa shape index (κ2) is 5.26. The van der Waals surface area contributed by atoms with Crippen molar-refractivity contribution in [3.8, 4) is 0 Å². The Morgan fingerprint density at radius 3 is 2.95 bits per heavy atom. The van der Waals surface area contributed by atoms with E-state index in [1.807, 2.05) is 18.2 Å². The van der Waals surface area contributed by atoms with Crippen molar-refractivity contribution in [2.45, 2.75) is 32.9 Å². The Morgan fingerprint density at radius 1 is 1.45 bits per heavy atom. The maximum Gasteiger partial charge on any atom is 0.326 e. The quantitative estimate of drug-likeness (QED) is 0.945. The Labute approximate surface area is 123 Å². The molecule has 0 amide bonds. The van der Waals surface area contributed by atoms with Crippen molar-refractivity contribution < 1.29 is 0 Å². The fourth-order valence-corrected chi connectivity index (χ4v) is 3.36. The molecule has 0 bridgehead atoms. The zero-order valence-corrected chi connectivity index (χ0v) is 12.7. The van der Waals surface area contributed by atoms with Crippen LogP contribution in [0.4, 0.5) is 0 Å². The van der Waals surface area contributed by atoms with E-state index in [2.05, 4.69) is 23.7 Å². The summed E-state index contributed by atoms with van der Waals surface area (Å²) in [5.41, 5.74) is 1.60. The summed E-state index contributed by atoms with van der Waals surface area (Å²) in [4.78, 5) is 17.5. The number of fused-ring (bicyclic) bond motifs is 1. The van der Waals surface area contributed by atoms with E-state index in [9.17, 15) is 4.79 Å². The van der Waals surface area contributed by atoms with Gasteiger partial charge in [-0.3, -0.25) is 4.57 Å². The van der Waals surface area contributed by atoms with Crippen LogP contribution in [-0.2, 0) is 6.54 Å². The third kappa shape index (κ3) is 2.38. The number of imidazole rings is 1. The Bertz CT molecular complexity index is 673. The van der Waals surface area contributed by atoms with Crippen LogP contribution in [0.2, 0.25) is 5.02 Å². The van der Waals surface area contributed by atoms with Crippen molar-refractivity contribution in [3.63, 3.8) is 0 Å². The molecule has 108 valence electrons. The number of benzene rings is 1. The summed E-state index contributed by atoms with van der Waals surface area (Å²) < 4.78 is 1.80. The number of H-pyrrole nitrogens is 1. The minimum atomic E-state index is -0.0592. The van der Waals surface area contributed by atoms with Crippen LogP contribution in [0.3, 0.4) is 0 Å². The average Bonchev–Trinajstić information content (AvgIpc) is 2.97. The van der Waals surface area contributed by atoms with Crippen molar-refractivity contribution in [1.82, 2.24) is 14.5 Å². The van der Waals surface area contributed by atoms with Crippen molar-refractivity contribution in [2.75, 3.05) is 13.1 Å². The second-order valence-corrected chi connectivity index (χ2v) is 6.33. The predicted octanol–water partition coefficient (Wildman–Crippen LogP) is 2.71. The first-order chi connectivity index (χ1) is 9.56. The normalized spacial score (nSPS) is 20.3. The van der Waals surface area contributed by atoms with E-state index in [-0.39, 0.29) is 5.69 Å². The molecule has 1 saturated heterocycles. The lowest BCUT2D eigenvalue weighted by Gasteiger charge is -2.20. The Hall–Kier alpha value is -1.26. The predicted molar refractivity (Wildman–Crippen MR) is 82.4 cm³/mol. The van der Waals surface area contributed by atoms with E-state index in [1.54, 1.807) is 4.57 Å². The molecule has 4 nitrogen and oxygen atoms in total. The van der Waals surface area contributed by atoms with Crippen LogP contribution >= 0.6 is 11.6 Å². The first-order valence-corrected chi connectivity index (χ1v) is 7.55. The fraction of sp³-hybridized carbons (Fsp3) is 0.533. The SMILES string of the molecule is CC(C)N1CCC(Cn2c(=O)[nH]c3cccc(Cl)c32)C1. The molecule has 0 saturated carbocycles. The van der Waals surface area contributed by atoms with Gasteiger partial charge in [-0.05, 0) is 44.9 Å². The molecule has 0 radical (unpaired) electrons. The van der Waals surface area contributed by atoms with Crippen LogP contribution in [0.5, 0.6) is 0 Å². The van der Waals surface area contributed by atoms with Gasteiger partial charge < -0.3 is 9.88 Å².